The SMILES string of the molecule is CN(Cc1ncc(Cl)cc1Cl)CC1CCCCC1O. The molecule has 1 aromatic heterocycles. The largest absolute Gasteiger partial charge is 0.393 e. The van der Waals surface area contributed by atoms with E-state index < -0.39 is 0 Å². The van der Waals surface area contributed by atoms with Crippen LogP contribution in [0.25, 0.3) is 0 Å². The second-order valence-corrected chi connectivity index (χ2v) is 6.23. The van der Waals surface area contributed by atoms with Crippen LogP contribution in [0.4, 0.5) is 0 Å². The Morgan fingerprint density at radius 1 is 1.37 bits per heavy atom. The van der Waals surface area contributed by atoms with E-state index in [1.165, 1.54) is 6.42 Å². The molecule has 1 fully saturated rings. The fraction of sp³-hybridized carbons (Fsp3) is 0.643. The minimum absolute atomic E-state index is 0.162. The zero-order valence-electron chi connectivity index (χ0n) is 11.1. The molecule has 1 aliphatic carbocycles. The van der Waals surface area contributed by atoms with Gasteiger partial charge in [0.25, 0.3) is 0 Å². The van der Waals surface area contributed by atoms with Crippen molar-refractivity contribution >= 4 is 23.2 Å². The summed E-state index contributed by atoms with van der Waals surface area (Å²) in [6.45, 7) is 1.56. The highest BCUT2D eigenvalue weighted by molar-refractivity contribution is 6.34. The molecule has 0 spiro atoms. The minimum Gasteiger partial charge on any atom is -0.393 e. The molecule has 1 heterocycles. The van der Waals surface area contributed by atoms with E-state index in [1.807, 2.05) is 7.05 Å². The molecule has 1 N–H and O–H groups in total. The van der Waals surface area contributed by atoms with Gasteiger partial charge in [0.15, 0.2) is 0 Å². The summed E-state index contributed by atoms with van der Waals surface area (Å²) < 4.78 is 0. The fourth-order valence-corrected chi connectivity index (χ4v) is 3.12. The van der Waals surface area contributed by atoms with Crippen molar-refractivity contribution in [3.05, 3.63) is 28.0 Å². The second-order valence-electron chi connectivity index (χ2n) is 5.39. The van der Waals surface area contributed by atoms with Gasteiger partial charge in [-0.05, 0) is 31.9 Å². The molecular weight excluding hydrogens is 283 g/mol. The molecule has 1 aliphatic rings. The number of halogens is 2. The van der Waals surface area contributed by atoms with E-state index in [0.29, 0.717) is 22.5 Å². The van der Waals surface area contributed by atoms with E-state index >= 15 is 0 Å². The molecular formula is C14H20Cl2N2O. The van der Waals surface area contributed by atoms with Crippen LogP contribution >= 0.6 is 23.2 Å². The van der Waals surface area contributed by atoms with Crippen molar-refractivity contribution in [3.63, 3.8) is 0 Å². The Hall–Kier alpha value is -0.350. The molecule has 0 radical (unpaired) electrons. The first-order valence-corrected chi connectivity index (χ1v) is 7.48. The molecule has 1 saturated carbocycles. The van der Waals surface area contributed by atoms with Crippen molar-refractivity contribution in [3.8, 4) is 0 Å². The maximum atomic E-state index is 9.99. The lowest BCUT2D eigenvalue weighted by Crippen LogP contribution is -2.34. The lowest BCUT2D eigenvalue weighted by molar-refractivity contribution is 0.0500. The van der Waals surface area contributed by atoms with Gasteiger partial charge in [-0.1, -0.05) is 36.0 Å². The lowest BCUT2D eigenvalue weighted by Gasteiger charge is -2.31. The Kier molecular flexibility index (Phi) is 5.46. The molecule has 2 rings (SSSR count). The highest BCUT2D eigenvalue weighted by Crippen LogP contribution is 2.26. The number of aliphatic hydroxyl groups is 1. The fourth-order valence-electron chi connectivity index (χ4n) is 2.68. The monoisotopic (exact) mass is 302 g/mol. The number of hydrogen-bond donors (Lipinski definition) is 1. The third-order valence-electron chi connectivity index (χ3n) is 3.72. The number of nitrogens with zero attached hydrogens (tertiary/aromatic N) is 2. The van der Waals surface area contributed by atoms with Crippen LogP contribution in [0.5, 0.6) is 0 Å². The average Bonchev–Trinajstić information content (AvgIpc) is 2.36. The Morgan fingerprint density at radius 2 is 2.11 bits per heavy atom. The van der Waals surface area contributed by atoms with Gasteiger partial charge < -0.3 is 10.0 Å². The van der Waals surface area contributed by atoms with E-state index in [9.17, 15) is 5.11 Å². The van der Waals surface area contributed by atoms with Gasteiger partial charge in [-0.3, -0.25) is 4.98 Å². The zero-order valence-corrected chi connectivity index (χ0v) is 12.7. The Labute approximate surface area is 124 Å². The number of aromatic nitrogens is 1. The molecule has 1 aromatic rings. The molecule has 0 amide bonds. The van der Waals surface area contributed by atoms with Gasteiger partial charge in [0.05, 0.1) is 21.8 Å². The van der Waals surface area contributed by atoms with Gasteiger partial charge in [0.2, 0.25) is 0 Å². The first kappa shape index (κ1) is 15.0. The summed E-state index contributed by atoms with van der Waals surface area (Å²) >= 11 is 12.0. The van der Waals surface area contributed by atoms with Crippen LogP contribution in [0.3, 0.4) is 0 Å². The summed E-state index contributed by atoms with van der Waals surface area (Å²) in [4.78, 5) is 6.43. The van der Waals surface area contributed by atoms with Crippen LogP contribution in [0.2, 0.25) is 10.0 Å². The summed E-state index contributed by atoms with van der Waals surface area (Å²) in [6.07, 6.45) is 5.85. The highest BCUT2D eigenvalue weighted by atomic mass is 35.5. The molecule has 0 aliphatic heterocycles. The third kappa shape index (κ3) is 4.32. The van der Waals surface area contributed by atoms with Gasteiger partial charge >= 0.3 is 0 Å². The zero-order chi connectivity index (χ0) is 13.8. The maximum absolute atomic E-state index is 9.99. The molecule has 0 aromatic carbocycles. The third-order valence-corrected chi connectivity index (χ3v) is 4.25. The van der Waals surface area contributed by atoms with E-state index in [4.69, 9.17) is 23.2 Å². The van der Waals surface area contributed by atoms with Crippen molar-refractivity contribution in [1.82, 2.24) is 9.88 Å². The van der Waals surface area contributed by atoms with Crippen LogP contribution in [-0.4, -0.2) is 34.7 Å². The van der Waals surface area contributed by atoms with E-state index in [-0.39, 0.29) is 6.10 Å². The van der Waals surface area contributed by atoms with Gasteiger partial charge in [0.1, 0.15) is 0 Å². The quantitative estimate of drug-likeness (QED) is 0.926. The van der Waals surface area contributed by atoms with E-state index in [0.717, 1.165) is 31.5 Å². The van der Waals surface area contributed by atoms with Gasteiger partial charge in [-0.2, -0.15) is 0 Å². The molecule has 2 unspecified atom stereocenters. The molecule has 5 heteroatoms. The van der Waals surface area contributed by atoms with Crippen molar-refractivity contribution in [2.45, 2.75) is 38.3 Å². The van der Waals surface area contributed by atoms with Crippen LogP contribution in [-0.2, 0) is 6.54 Å². The highest BCUT2D eigenvalue weighted by Gasteiger charge is 2.24. The van der Waals surface area contributed by atoms with Crippen LogP contribution in [0, 0.1) is 5.92 Å². The maximum Gasteiger partial charge on any atom is 0.0730 e. The first-order valence-electron chi connectivity index (χ1n) is 6.73. The number of hydrogen-bond acceptors (Lipinski definition) is 3. The second kappa shape index (κ2) is 6.89. The molecule has 0 bridgehead atoms. The van der Waals surface area contributed by atoms with Gasteiger partial charge in [-0.25, -0.2) is 0 Å². The van der Waals surface area contributed by atoms with E-state index in [1.54, 1.807) is 12.3 Å². The normalized spacial score (nSPS) is 23.8. The van der Waals surface area contributed by atoms with Crippen molar-refractivity contribution in [2.75, 3.05) is 13.6 Å². The van der Waals surface area contributed by atoms with Crippen LogP contribution in [0.15, 0.2) is 12.3 Å². The summed E-state index contributed by atoms with van der Waals surface area (Å²) in [5, 5.41) is 11.1. The lowest BCUT2D eigenvalue weighted by atomic mass is 9.86. The predicted molar refractivity (Wildman–Crippen MR) is 78.6 cm³/mol. The molecule has 106 valence electrons. The smallest absolute Gasteiger partial charge is 0.0730 e. The van der Waals surface area contributed by atoms with Crippen LogP contribution in [0.1, 0.15) is 31.4 Å². The van der Waals surface area contributed by atoms with Crippen molar-refractivity contribution < 1.29 is 5.11 Å². The number of aliphatic hydroxyl groups excluding tert-OH is 1. The minimum atomic E-state index is -0.162. The van der Waals surface area contributed by atoms with Crippen LogP contribution < -0.4 is 0 Å². The van der Waals surface area contributed by atoms with E-state index in [2.05, 4.69) is 9.88 Å². The summed E-state index contributed by atoms with van der Waals surface area (Å²) in [5.74, 6) is 0.366. The topological polar surface area (TPSA) is 36.4 Å². The standard InChI is InChI=1S/C14H20Cl2N2O/c1-18(8-10-4-2-3-5-14(10)19)9-13-12(16)6-11(15)7-17-13/h6-7,10,14,19H,2-5,8-9H2,1H3. The Morgan fingerprint density at radius 3 is 2.79 bits per heavy atom. The Balaban J connectivity index is 1.91. The van der Waals surface area contributed by atoms with Gasteiger partial charge in [0, 0.05) is 19.3 Å². The molecule has 2 atom stereocenters. The summed E-state index contributed by atoms with van der Waals surface area (Å²) in [5.41, 5.74) is 0.832. The summed E-state index contributed by atoms with van der Waals surface area (Å²) in [6, 6.07) is 1.72. The van der Waals surface area contributed by atoms with Gasteiger partial charge in [-0.15, -0.1) is 0 Å². The molecule has 0 saturated heterocycles. The average molecular weight is 303 g/mol. The number of rotatable bonds is 4. The predicted octanol–water partition coefficient (Wildman–Crippen LogP) is 3.37. The van der Waals surface area contributed by atoms with Crippen molar-refractivity contribution in [1.29, 1.82) is 0 Å². The van der Waals surface area contributed by atoms with Crippen molar-refractivity contribution in [2.24, 2.45) is 5.92 Å². The number of pyridine rings is 1. The summed E-state index contributed by atoms with van der Waals surface area (Å²) in [7, 11) is 2.04. The molecule has 3 nitrogen and oxygen atoms in total. The molecule has 19 heavy (non-hydrogen) atoms. The Bertz CT molecular complexity index is 428. The first-order chi connectivity index (χ1) is 9.06.